The molecule has 0 saturated heterocycles. The van der Waals surface area contributed by atoms with Crippen LogP contribution in [0.1, 0.15) is 38.0 Å². The number of carbonyl (C=O) groups is 2. The van der Waals surface area contributed by atoms with Crippen molar-refractivity contribution in [2.75, 3.05) is 5.32 Å². The molecule has 7 nitrogen and oxygen atoms in total. The van der Waals surface area contributed by atoms with Crippen LogP contribution in [0.15, 0.2) is 65.6 Å². The number of aromatic nitrogens is 2. The zero-order valence-corrected chi connectivity index (χ0v) is 20.5. The Hall–Kier alpha value is -4.08. The van der Waals surface area contributed by atoms with Crippen LogP contribution in [0.4, 0.5) is 14.5 Å². The summed E-state index contributed by atoms with van der Waals surface area (Å²) in [6.45, 7) is 0. The first-order valence-corrected chi connectivity index (χ1v) is 11.6. The number of halogens is 4. The number of aryl methyl sites for hydroxylation is 1. The standard InChI is InChI=1S/C26H16Cl2F2N4O3/c1-34-5-4-12(8-21(34)35)19-11-20(32-25(36)13-6-14(27)9-16(30)7-13)22-23(33-26(37)24(22)31-19)17-10-15(29)2-3-18(17)28/h2-11,23H,1H3,(H,33,37)(H,31,32,36). The highest BCUT2D eigenvalue weighted by atomic mass is 35.5. The van der Waals surface area contributed by atoms with Gasteiger partial charge in [0.15, 0.2) is 0 Å². The van der Waals surface area contributed by atoms with Crippen molar-refractivity contribution in [1.82, 2.24) is 14.9 Å². The number of pyridine rings is 2. The Kier molecular flexibility index (Phi) is 6.26. The van der Waals surface area contributed by atoms with E-state index in [-0.39, 0.29) is 49.4 Å². The van der Waals surface area contributed by atoms with Gasteiger partial charge in [-0.15, -0.1) is 0 Å². The fourth-order valence-corrected chi connectivity index (χ4v) is 4.55. The Labute approximate surface area is 218 Å². The molecular weight excluding hydrogens is 525 g/mol. The lowest BCUT2D eigenvalue weighted by molar-refractivity contribution is 0.0955. The lowest BCUT2D eigenvalue weighted by Gasteiger charge is -2.18. The molecule has 4 aromatic rings. The molecule has 0 bridgehead atoms. The number of rotatable bonds is 4. The Morgan fingerprint density at radius 2 is 1.81 bits per heavy atom. The van der Waals surface area contributed by atoms with Gasteiger partial charge in [-0.05, 0) is 48.5 Å². The Bertz CT molecular complexity index is 1650. The maximum absolute atomic E-state index is 14.1. The number of anilines is 1. The van der Waals surface area contributed by atoms with Crippen molar-refractivity contribution >= 4 is 40.7 Å². The Balaban J connectivity index is 1.69. The number of amides is 2. The summed E-state index contributed by atoms with van der Waals surface area (Å²) in [5.41, 5.74) is 0.824. The summed E-state index contributed by atoms with van der Waals surface area (Å²) in [5.74, 6) is -2.59. The van der Waals surface area contributed by atoms with E-state index in [1.807, 2.05) is 0 Å². The van der Waals surface area contributed by atoms with Crippen molar-refractivity contribution in [2.24, 2.45) is 7.05 Å². The molecule has 0 fully saturated rings. The predicted molar refractivity (Wildman–Crippen MR) is 135 cm³/mol. The number of benzene rings is 2. The van der Waals surface area contributed by atoms with Gasteiger partial charge in [0.25, 0.3) is 17.4 Å². The van der Waals surface area contributed by atoms with Gasteiger partial charge in [-0.25, -0.2) is 13.8 Å². The largest absolute Gasteiger partial charge is 0.340 e. The van der Waals surface area contributed by atoms with Crippen LogP contribution >= 0.6 is 23.2 Å². The summed E-state index contributed by atoms with van der Waals surface area (Å²) in [5, 5.41) is 5.62. The highest BCUT2D eigenvalue weighted by Crippen LogP contribution is 2.40. The third-order valence-electron chi connectivity index (χ3n) is 5.88. The molecule has 1 aliphatic rings. The van der Waals surface area contributed by atoms with Gasteiger partial charge in [0.1, 0.15) is 17.3 Å². The van der Waals surface area contributed by atoms with E-state index in [1.54, 1.807) is 13.1 Å². The second kappa shape index (κ2) is 9.42. The monoisotopic (exact) mass is 540 g/mol. The molecule has 186 valence electrons. The Morgan fingerprint density at radius 1 is 1.03 bits per heavy atom. The van der Waals surface area contributed by atoms with Crippen molar-refractivity contribution in [3.05, 3.63) is 115 Å². The molecule has 1 atom stereocenters. The second-order valence-electron chi connectivity index (χ2n) is 8.37. The molecule has 3 heterocycles. The molecular formula is C26H16Cl2F2N4O3. The lowest BCUT2D eigenvalue weighted by atomic mass is 9.97. The minimum atomic E-state index is -0.942. The molecule has 0 spiro atoms. The summed E-state index contributed by atoms with van der Waals surface area (Å²) in [6.07, 6.45) is 1.54. The van der Waals surface area contributed by atoms with Crippen LogP contribution in [0.5, 0.6) is 0 Å². The minimum absolute atomic E-state index is 0.0205. The van der Waals surface area contributed by atoms with Crippen molar-refractivity contribution < 1.29 is 18.4 Å². The van der Waals surface area contributed by atoms with Crippen molar-refractivity contribution in [2.45, 2.75) is 6.04 Å². The van der Waals surface area contributed by atoms with E-state index in [2.05, 4.69) is 15.6 Å². The molecule has 2 aromatic carbocycles. The first-order valence-electron chi connectivity index (χ1n) is 10.9. The highest BCUT2D eigenvalue weighted by molar-refractivity contribution is 6.31. The minimum Gasteiger partial charge on any atom is -0.340 e. The van der Waals surface area contributed by atoms with Gasteiger partial charge in [0, 0.05) is 51.6 Å². The van der Waals surface area contributed by atoms with E-state index >= 15 is 0 Å². The van der Waals surface area contributed by atoms with Crippen LogP contribution in [-0.2, 0) is 7.05 Å². The van der Waals surface area contributed by atoms with Crippen molar-refractivity contribution in [3.8, 4) is 11.3 Å². The smallest absolute Gasteiger partial charge is 0.271 e. The lowest BCUT2D eigenvalue weighted by Crippen LogP contribution is -2.21. The van der Waals surface area contributed by atoms with E-state index in [9.17, 15) is 23.2 Å². The maximum Gasteiger partial charge on any atom is 0.271 e. The van der Waals surface area contributed by atoms with E-state index in [0.29, 0.717) is 5.56 Å². The quantitative estimate of drug-likeness (QED) is 0.375. The number of nitrogens with zero attached hydrogens (tertiary/aromatic N) is 2. The Morgan fingerprint density at radius 3 is 2.54 bits per heavy atom. The molecule has 2 amide bonds. The first kappa shape index (κ1) is 24.6. The van der Waals surface area contributed by atoms with Crippen LogP contribution in [0, 0.1) is 11.6 Å². The molecule has 5 rings (SSSR count). The average Bonchev–Trinajstić information content (AvgIpc) is 3.18. The zero-order valence-electron chi connectivity index (χ0n) is 19.0. The van der Waals surface area contributed by atoms with Crippen LogP contribution in [0.3, 0.4) is 0 Å². The van der Waals surface area contributed by atoms with Gasteiger partial charge < -0.3 is 15.2 Å². The summed E-state index contributed by atoms with van der Waals surface area (Å²) in [4.78, 5) is 42.8. The van der Waals surface area contributed by atoms with E-state index in [4.69, 9.17) is 23.2 Å². The normalized spacial score (nSPS) is 14.3. The molecule has 2 aromatic heterocycles. The van der Waals surface area contributed by atoms with Gasteiger partial charge in [-0.3, -0.25) is 14.4 Å². The third kappa shape index (κ3) is 4.71. The fraction of sp³-hybridized carbons (Fsp3) is 0.0769. The number of carbonyl (C=O) groups excluding carboxylic acids is 2. The van der Waals surface area contributed by atoms with E-state index in [1.165, 1.54) is 47.2 Å². The predicted octanol–water partition coefficient (Wildman–Crippen LogP) is 5.12. The molecule has 0 aliphatic carbocycles. The first-order chi connectivity index (χ1) is 17.6. The average molecular weight is 541 g/mol. The molecule has 0 radical (unpaired) electrons. The molecule has 2 N–H and O–H groups in total. The van der Waals surface area contributed by atoms with Crippen LogP contribution in [0.25, 0.3) is 11.3 Å². The maximum atomic E-state index is 14.1. The van der Waals surface area contributed by atoms with Crippen molar-refractivity contribution in [1.29, 1.82) is 0 Å². The van der Waals surface area contributed by atoms with E-state index in [0.717, 1.165) is 12.1 Å². The number of hydrogen-bond acceptors (Lipinski definition) is 4. The zero-order chi connectivity index (χ0) is 26.4. The second-order valence-corrected chi connectivity index (χ2v) is 9.21. The van der Waals surface area contributed by atoms with Gasteiger partial charge in [0.05, 0.1) is 17.4 Å². The summed E-state index contributed by atoms with van der Waals surface area (Å²) in [6, 6.07) is 10.6. The summed E-state index contributed by atoms with van der Waals surface area (Å²) in [7, 11) is 1.58. The van der Waals surface area contributed by atoms with E-state index < -0.39 is 29.5 Å². The summed E-state index contributed by atoms with van der Waals surface area (Å²) < 4.78 is 29.4. The van der Waals surface area contributed by atoms with Crippen LogP contribution < -0.4 is 16.2 Å². The third-order valence-corrected chi connectivity index (χ3v) is 6.44. The molecule has 11 heteroatoms. The summed E-state index contributed by atoms with van der Waals surface area (Å²) >= 11 is 12.2. The highest BCUT2D eigenvalue weighted by Gasteiger charge is 2.36. The van der Waals surface area contributed by atoms with Crippen molar-refractivity contribution in [3.63, 3.8) is 0 Å². The number of fused-ring (bicyclic) bond motifs is 1. The molecule has 0 saturated carbocycles. The van der Waals surface area contributed by atoms with Gasteiger partial charge in [-0.2, -0.15) is 0 Å². The number of hydrogen-bond donors (Lipinski definition) is 2. The molecule has 37 heavy (non-hydrogen) atoms. The molecule has 1 unspecified atom stereocenters. The van der Waals surface area contributed by atoms with Gasteiger partial charge >= 0.3 is 0 Å². The fourth-order valence-electron chi connectivity index (χ4n) is 4.10. The SMILES string of the molecule is Cn1ccc(-c2cc(NC(=O)c3cc(F)cc(Cl)c3)c3c(n2)C(=O)NC3c2cc(F)ccc2Cl)cc1=O. The topological polar surface area (TPSA) is 93.1 Å². The molecule has 1 aliphatic heterocycles. The number of nitrogens with one attached hydrogen (secondary N) is 2. The van der Waals surface area contributed by atoms with Crippen LogP contribution in [0.2, 0.25) is 10.0 Å². The van der Waals surface area contributed by atoms with Gasteiger partial charge in [0.2, 0.25) is 0 Å². The van der Waals surface area contributed by atoms with Crippen LogP contribution in [-0.4, -0.2) is 21.4 Å². The van der Waals surface area contributed by atoms with Gasteiger partial charge in [-0.1, -0.05) is 23.2 Å².